The number of nitrogens with one attached hydrogen (secondary N) is 1. The van der Waals surface area contributed by atoms with E-state index < -0.39 is 0 Å². The van der Waals surface area contributed by atoms with Gasteiger partial charge in [0, 0.05) is 30.2 Å². The molecule has 0 unspecified atom stereocenters. The lowest BCUT2D eigenvalue weighted by Gasteiger charge is -2.35. The molecule has 5 rings (SSSR count). The summed E-state index contributed by atoms with van der Waals surface area (Å²) in [5.74, 6) is 0.240. The fourth-order valence-corrected chi connectivity index (χ4v) is 4.73. The predicted octanol–water partition coefficient (Wildman–Crippen LogP) is 3.24. The second-order valence-electron chi connectivity index (χ2n) is 7.46. The van der Waals surface area contributed by atoms with Crippen LogP contribution in [-0.4, -0.2) is 43.6 Å². The molecule has 3 aromatic rings. The van der Waals surface area contributed by atoms with Crippen LogP contribution < -0.4 is 0 Å². The van der Waals surface area contributed by atoms with Crippen LogP contribution in [0.5, 0.6) is 0 Å². The Bertz CT molecular complexity index is 940. The first kappa shape index (κ1) is 14.9. The van der Waals surface area contributed by atoms with Crippen LogP contribution in [0.2, 0.25) is 0 Å². The van der Waals surface area contributed by atoms with Crippen LogP contribution in [-0.2, 0) is 0 Å². The molecular formula is C19H22N6. The quantitative estimate of drug-likeness (QED) is 0.781. The summed E-state index contributed by atoms with van der Waals surface area (Å²) in [5, 5.41) is 10.3. The molecule has 0 spiro atoms. The molecular weight excluding hydrogens is 312 g/mol. The first-order chi connectivity index (χ1) is 12.3. The third kappa shape index (κ3) is 2.42. The van der Waals surface area contributed by atoms with Crippen molar-refractivity contribution in [3.8, 4) is 6.07 Å². The Morgan fingerprint density at radius 3 is 2.76 bits per heavy atom. The van der Waals surface area contributed by atoms with E-state index >= 15 is 0 Å². The molecule has 0 aromatic carbocycles. The van der Waals surface area contributed by atoms with Gasteiger partial charge >= 0.3 is 0 Å². The molecule has 1 aliphatic carbocycles. The van der Waals surface area contributed by atoms with Gasteiger partial charge in [-0.15, -0.1) is 0 Å². The van der Waals surface area contributed by atoms with Crippen LogP contribution in [0, 0.1) is 17.2 Å². The number of nitrogens with zero attached hydrogens (tertiary/aromatic N) is 5. The molecule has 2 aliphatic rings. The van der Waals surface area contributed by atoms with Gasteiger partial charge in [0.25, 0.3) is 0 Å². The average molecular weight is 334 g/mol. The van der Waals surface area contributed by atoms with Gasteiger partial charge < -0.3 is 9.55 Å². The maximum absolute atomic E-state index is 9.12. The standard InChI is InChI=1S/C19H22N6/c20-9-13-6-8-24(11-13)14-1-3-15(4-2-14)25-12-23-17-10-22-19-16(18(17)25)5-7-21-19/h5,7,10,12-15H,1-4,6,8,11H2,(H,21,22)/t13-,14?,15?/m0/s1. The normalized spacial score (nSPS) is 27.9. The first-order valence-corrected chi connectivity index (χ1v) is 9.26. The molecule has 6 nitrogen and oxygen atoms in total. The summed E-state index contributed by atoms with van der Waals surface area (Å²) in [6.45, 7) is 2.06. The smallest absolute Gasteiger partial charge is 0.139 e. The lowest BCUT2D eigenvalue weighted by atomic mass is 9.90. The van der Waals surface area contributed by atoms with Gasteiger partial charge in [-0.1, -0.05) is 0 Å². The van der Waals surface area contributed by atoms with E-state index in [0.717, 1.165) is 36.1 Å². The molecule has 1 atom stereocenters. The number of pyridine rings is 1. The molecule has 1 aliphatic heterocycles. The topological polar surface area (TPSA) is 73.5 Å². The van der Waals surface area contributed by atoms with Crippen molar-refractivity contribution >= 4 is 22.1 Å². The predicted molar refractivity (Wildman–Crippen MR) is 96.0 cm³/mol. The molecule has 1 saturated carbocycles. The van der Waals surface area contributed by atoms with Crippen molar-refractivity contribution in [1.29, 1.82) is 5.26 Å². The SMILES string of the molecule is N#C[C@@H]1CCN(C2CCC(n3cnc4cnc5[nH]ccc5c43)CC2)C1. The fraction of sp³-hybridized carbons (Fsp3) is 0.526. The van der Waals surface area contributed by atoms with Crippen molar-refractivity contribution in [2.24, 2.45) is 5.92 Å². The minimum absolute atomic E-state index is 0.240. The van der Waals surface area contributed by atoms with E-state index in [-0.39, 0.29) is 5.92 Å². The number of H-pyrrole nitrogens is 1. The van der Waals surface area contributed by atoms with Gasteiger partial charge in [-0.2, -0.15) is 5.26 Å². The Hall–Kier alpha value is -2.39. The summed E-state index contributed by atoms with van der Waals surface area (Å²) in [6, 6.07) is 5.70. The number of likely N-dealkylation sites (tertiary alicyclic amines) is 1. The Morgan fingerprint density at radius 2 is 1.96 bits per heavy atom. The van der Waals surface area contributed by atoms with E-state index in [1.807, 2.05) is 18.7 Å². The van der Waals surface area contributed by atoms with E-state index in [4.69, 9.17) is 5.26 Å². The van der Waals surface area contributed by atoms with Crippen LogP contribution in [0.4, 0.5) is 0 Å². The van der Waals surface area contributed by atoms with E-state index in [1.54, 1.807) is 0 Å². The van der Waals surface area contributed by atoms with Crippen molar-refractivity contribution in [3.05, 3.63) is 24.8 Å². The lowest BCUT2D eigenvalue weighted by molar-refractivity contribution is 0.165. The minimum atomic E-state index is 0.240. The highest BCUT2D eigenvalue weighted by Gasteiger charge is 2.32. The van der Waals surface area contributed by atoms with Crippen molar-refractivity contribution in [3.63, 3.8) is 0 Å². The zero-order chi connectivity index (χ0) is 16.8. The molecule has 0 radical (unpaired) electrons. The van der Waals surface area contributed by atoms with Crippen LogP contribution in [0.1, 0.15) is 38.1 Å². The lowest BCUT2D eigenvalue weighted by Crippen LogP contribution is -2.36. The summed E-state index contributed by atoms with van der Waals surface area (Å²) in [6.07, 6.45) is 11.6. The Balaban J connectivity index is 1.37. The van der Waals surface area contributed by atoms with E-state index in [9.17, 15) is 0 Å². The Labute approximate surface area is 146 Å². The molecule has 1 N–H and O–H groups in total. The highest BCUT2D eigenvalue weighted by molar-refractivity contribution is 6.00. The first-order valence-electron chi connectivity index (χ1n) is 9.26. The van der Waals surface area contributed by atoms with E-state index in [1.165, 1.54) is 31.2 Å². The zero-order valence-electron chi connectivity index (χ0n) is 14.2. The molecule has 4 heterocycles. The third-order valence-corrected chi connectivity index (χ3v) is 6.10. The van der Waals surface area contributed by atoms with Gasteiger partial charge in [0.1, 0.15) is 11.2 Å². The van der Waals surface area contributed by atoms with Gasteiger partial charge in [0.05, 0.1) is 30.0 Å². The van der Waals surface area contributed by atoms with Crippen LogP contribution in [0.25, 0.3) is 22.1 Å². The van der Waals surface area contributed by atoms with Crippen molar-refractivity contribution < 1.29 is 0 Å². The molecule has 128 valence electrons. The molecule has 3 aromatic heterocycles. The number of hydrogen-bond acceptors (Lipinski definition) is 4. The molecule has 0 bridgehead atoms. The Kier molecular flexibility index (Phi) is 3.49. The summed E-state index contributed by atoms with van der Waals surface area (Å²) in [4.78, 5) is 14.8. The highest BCUT2D eigenvalue weighted by atomic mass is 15.2. The van der Waals surface area contributed by atoms with Crippen molar-refractivity contribution in [1.82, 2.24) is 24.4 Å². The van der Waals surface area contributed by atoms with Crippen molar-refractivity contribution in [2.75, 3.05) is 13.1 Å². The highest BCUT2D eigenvalue weighted by Crippen LogP contribution is 2.36. The molecule has 2 fully saturated rings. The average Bonchev–Trinajstić information content (AvgIpc) is 3.39. The molecule has 0 amide bonds. The summed E-state index contributed by atoms with van der Waals surface area (Å²) < 4.78 is 2.37. The number of hydrogen-bond donors (Lipinski definition) is 1. The largest absolute Gasteiger partial charge is 0.346 e. The number of aromatic amines is 1. The fourth-order valence-electron chi connectivity index (χ4n) is 4.73. The summed E-state index contributed by atoms with van der Waals surface area (Å²) in [7, 11) is 0. The molecule has 25 heavy (non-hydrogen) atoms. The van der Waals surface area contributed by atoms with E-state index in [2.05, 4.69) is 36.6 Å². The second-order valence-corrected chi connectivity index (χ2v) is 7.46. The molecule has 6 heteroatoms. The van der Waals surface area contributed by atoms with Crippen LogP contribution in [0.3, 0.4) is 0 Å². The van der Waals surface area contributed by atoms with Crippen molar-refractivity contribution in [2.45, 2.75) is 44.2 Å². The number of aromatic nitrogens is 4. The van der Waals surface area contributed by atoms with Gasteiger partial charge in [-0.3, -0.25) is 4.90 Å². The van der Waals surface area contributed by atoms with Gasteiger partial charge in [-0.05, 0) is 44.7 Å². The number of imidazole rings is 1. The van der Waals surface area contributed by atoms with Gasteiger partial charge in [0.2, 0.25) is 0 Å². The Morgan fingerprint density at radius 1 is 1.12 bits per heavy atom. The van der Waals surface area contributed by atoms with Gasteiger partial charge in [-0.25, -0.2) is 9.97 Å². The second kappa shape index (κ2) is 5.85. The maximum atomic E-state index is 9.12. The van der Waals surface area contributed by atoms with Gasteiger partial charge in [0.15, 0.2) is 0 Å². The molecule has 1 saturated heterocycles. The van der Waals surface area contributed by atoms with Crippen LogP contribution in [0.15, 0.2) is 24.8 Å². The monoisotopic (exact) mass is 334 g/mol. The number of rotatable bonds is 2. The zero-order valence-corrected chi connectivity index (χ0v) is 14.2. The van der Waals surface area contributed by atoms with Crippen LogP contribution >= 0.6 is 0 Å². The summed E-state index contributed by atoms with van der Waals surface area (Å²) >= 11 is 0. The summed E-state index contributed by atoms with van der Waals surface area (Å²) in [5.41, 5.74) is 3.12. The number of nitriles is 1. The maximum Gasteiger partial charge on any atom is 0.139 e. The number of fused-ring (bicyclic) bond motifs is 3. The third-order valence-electron chi connectivity index (χ3n) is 6.10. The minimum Gasteiger partial charge on any atom is -0.346 e. The van der Waals surface area contributed by atoms with E-state index in [0.29, 0.717) is 12.1 Å².